The Bertz CT molecular complexity index is 618. The minimum atomic E-state index is -0.657. The third-order valence-electron chi connectivity index (χ3n) is 2.20. The van der Waals surface area contributed by atoms with Gasteiger partial charge in [0.2, 0.25) is 5.88 Å². The van der Waals surface area contributed by atoms with Gasteiger partial charge in [0, 0.05) is 13.3 Å². The van der Waals surface area contributed by atoms with Crippen LogP contribution >= 0.6 is 0 Å². The van der Waals surface area contributed by atoms with Gasteiger partial charge in [-0.1, -0.05) is 0 Å². The van der Waals surface area contributed by atoms with E-state index in [1.807, 2.05) is 0 Å². The van der Waals surface area contributed by atoms with E-state index in [2.05, 4.69) is 9.98 Å². The van der Waals surface area contributed by atoms with E-state index in [-0.39, 0.29) is 11.4 Å². The van der Waals surface area contributed by atoms with Gasteiger partial charge in [0.1, 0.15) is 5.56 Å². The Morgan fingerprint density at radius 1 is 1.50 bits per heavy atom. The molecule has 2 heterocycles. The molecular formula is C10H9N3O3. The van der Waals surface area contributed by atoms with Crippen LogP contribution in [0.1, 0.15) is 5.56 Å². The van der Waals surface area contributed by atoms with Gasteiger partial charge in [0.25, 0.3) is 5.56 Å². The van der Waals surface area contributed by atoms with Crippen molar-refractivity contribution in [3.63, 3.8) is 0 Å². The zero-order chi connectivity index (χ0) is 11.7. The van der Waals surface area contributed by atoms with Gasteiger partial charge in [-0.2, -0.15) is 0 Å². The summed E-state index contributed by atoms with van der Waals surface area (Å²) in [6, 6.07) is 0. The molecule has 6 heteroatoms. The molecule has 0 saturated carbocycles. The van der Waals surface area contributed by atoms with E-state index < -0.39 is 11.2 Å². The van der Waals surface area contributed by atoms with E-state index in [1.54, 1.807) is 18.4 Å². The maximum Gasteiger partial charge on any atom is 0.330 e. The molecule has 0 aliphatic carbocycles. The van der Waals surface area contributed by atoms with Gasteiger partial charge in [-0.15, -0.1) is 0 Å². The minimum absolute atomic E-state index is 0.0146. The topological polar surface area (TPSA) is 87.4 Å². The Morgan fingerprint density at radius 3 is 2.88 bits per heavy atom. The zero-order valence-corrected chi connectivity index (χ0v) is 8.47. The molecule has 0 atom stereocenters. The van der Waals surface area contributed by atoms with Crippen LogP contribution in [0, 0.1) is 0 Å². The van der Waals surface area contributed by atoms with Crippen molar-refractivity contribution in [2.75, 3.05) is 0 Å². The molecule has 1 aromatic heterocycles. The summed E-state index contributed by atoms with van der Waals surface area (Å²) in [6.45, 7) is 0. The maximum absolute atomic E-state index is 11.5. The number of aromatic amines is 1. The Morgan fingerprint density at radius 2 is 2.25 bits per heavy atom. The monoisotopic (exact) mass is 219 g/mol. The Kier molecular flexibility index (Phi) is 2.32. The molecule has 2 N–H and O–H groups in total. The van der Waals surface area contributed by atoms with Crippen LogP contribution in [0.25, 0.3) is 6.08 Å². The smallest absolute Gasteiger partial charge is 0.330 e. The molecule has 0 amide bonds. The van der Waals surface area contributed by atoms with Crippen LogP contribution in [-0.2, 0) is 7.05 Å². The standard InChI is InChI=1S/C10H9N3O3/c1-13-9(15)7(8(14)12-10(13)16)5-6-3-2-4-11-6/h2-5,15H,1H3,(H,12,14,16). The Hall–Kier alpha value is -2.37. The number of aromatic hydroxyl groups is 1. The molecule has 0 unspecified atom stereocenters. The first-order valence-electron chi connectivity index (χ1n) is 4.54. The summed E-state index contributed by atoms with van der Waals surface area (Å²) < 4.78 is 0.955. The zero-order valence-electron chi connectivity index (χ0n) is 8.47. The quantitative estimate of drug-likeness (QED) is 0.683. The van der Waals surface area contributed by atoms with Crippen LogP contribution in [0.15, 0.2) is 32.4 Å². The van der Waals surface area contributed by atoms with E-state index in [1.165, 1.54) is 13.1 Å². The fourth-order valence-electron chi connectivity index (χ4n) is 1.30. The molecule has 0 aromatic carbocycles. The highest BCUT2D eigenvalue weighted by atomic mass is 16.3. The van der Waals surface area contributed by atoms with Gasteiger partial charge in [-0.25, -0.2) is 4.79 Å². The fourth-order valence-corrected chi connectivity index (χ4v) is 1.30. The molecule has 0 spiro atoms. The van der Waals surface area contributed by atoms with Gasteiger partial charge in [-0.3, -0.25) is 19.3 Å². The molecule has 82 valence electrons. The second kappa shape index (κ2) is 3.65. The number of H-pyrrole nitrogens is 1. The van der Waals surface area contributed by atoms with E-state index >= 15 is 0 Å². The van der Waals surface area contributed by atoms with E-state index in [4.69, 9.17) is 0 Å². The van der Waals surface area contributed by atoms with Crippen molar-refractivity contribution >= 4 is 12.3 Å². The van der Waals surface area contributed by atoms with Crippen molar-refractivity contribution in [2.24, 2.45) is 12.0 Å². The molecule has 1 aromatic rings. The van der Waals surface area contributed by atoms with Crippen LogP contribution in [0.5, 0.6) is 5.88 Å². The summed E-state index contributed by atoms with van der Waals surface area (Å²) in [7, 11) is 1.36. The lowest BCUT2D eigenvalue weighted by Gasteiger charge is -2.03. The fraction of sp³-hybridized carbons (Fsp3) is 0.100. The van der Waals surface area contributed by atoms with Crippen molar-refractivity contribution in [3.05, 3.63) is 44.3 Å². The molecule has 1 aliphatic rings. The van der Waals surface area contributed by atoms with Crippen LogP contribution in [0.3, 0.4) is 0 Å². The SMILES string of the molecule is Cn1c(O)c(C=C2C=CC=N2)c(=O)[nH]c1=O. The highest BCUT2D eigenvalue weighted by molar-refractivity contribution is 5.79. The Labute approximate surface area is 89.9 Å². The van der Waals surface area contributed by atoms with Crippen molar-refractivity contribution in [2.45, 2.75) is 0 Å². The lowest BCUT2D eigenvalue weighted by atomic mass is 10.2. The summed E-state index contributed by atoms with van der Waals surface area (Å²) in [5.74, 6) is -0.378. The predicted molar refractivity (Wildman–Crippen MR) is 59.6 cm³/mol. The van der Waals surface area contributed by atoms with Crippen molar-refractivity contribution in [1.82, 2.24) is 9.55 Å². The average molecular weight is 219 g/mol. The Balaban J connectivity index is 2.66. The van der Waals surface area contributed by atoms with E-state index in [9.17, 15) is 14.7 Å². The third kappa shape index (κ3) is 1.60. The number of hydrogen-bond acceptors (Lipinski definition) is 4. The first-order chi connectivity index (χ1) is 7.59. The van der Waals surface area contributed by atoms with Crippen LogP contribution in [0.2, 0.25) is 0 Å². The van der Waals surface area contributed by atoms with Gasteiger partial charge < -0.3 is 5.11 Å². The van der Waals surface area contributed by atoms with E-state index in [0.717, 1.165) is 4.57 Å². The number of nitrogens with one attached hydrogen (secondary N) is 1. The number of aliphatic imine (C=N–C) groups is 1. The highest BCUT2D eigenvalue weighted by Crippen LogP contribution is 2.15. The van der Waals surface area contributed by atoms with Gasteiger partial charge in [0.15, 0.2) is 0 Å². The lowest BCUT2D eigenvalue weighted by molar-refractivity contribution is 0.416. The van der Waals surface area contributed by atoms with Gasteiger partial charge in [-0.05, 0) is 18.2 Å². The van der Waals surface area contributed by atoms with Crippen molar-refractivity contribution < 1.29 is 5.11 Å². The van der Waals surface area contributed by atoms with Crippen molar-refractivity contribution in [1.29, 1.82) is 0 Å². The molecule has 16 heavy (non-hydrogen) atoms. The van der Waals surface area contributed by atoms with Crippen LogP contribution in [-0.4, -0.2) is 20.9 Å². The van der Waals surface area contributed by atoms with E-state index in [0.29, 0.717) is 5.70 Å². The largest absolute Gasteiger partial charge is 0.494 e. The molecule has 1 aliphatic heterocycles. The molecule has 2 rings (SSSR count). The summed E-state index contributed by atoms with van der Waals surface area (Å²) >= 11 is 0. The third-order valence-corrected chi connectivity index (χ3v) is 2.20. The molecule has 0 saturated heterocycles. The first-order valence-corrected chi connectivity index (χ1v) is 4.54. The molecule has 0 fully saturated rings. The number of rotatable bonds is 1. The summed E-state index contributed by atoms with van der Waals surface area (Å²) in [5, 5.41) is 9.64. The summed E-state index contributed by atoms with van der Waals surface area (Å²) in [4.78, 5) is 28.6. The van der Waals surface area contributed by atoms with Crippen molar-refractivity contribution in [3.8, 4) is 5.88 Å². The number of hydrogen-bond donors (Lipinski definition) is 2. The normalized spacial score (nSPS) is 16.2. The maximum atomic E-state index is 11.5. The van der Waals surface area contributed by atoms with Crippen LogP contribution in [0.4, 0.5) is 0 Å². The predicted octanol–water partition coefficient (Wildman–Crippen LogP) is -0.239. The number of nitrogens with zero attached hydrogens (tertiary/aromatic N) is 2. The molecular weight excluding hydrogens is 210 g/mol. The second-order valence-electron chi connectivity index (χ2n) is 3.26. The number of aromatic nitrogens is 2. The summed E-state index contributed by atoms with van der Waals surface area (Å²) in [5.41, 5.74) is -0.737. The molecule has 0 radical (unpaired) electrons. The van der Waals surface area contributed by atoms with Gasteiger partial charge in [0.05, 0.1) is 5.70 Å². The summed E-state index contributed by atoms with van der Waals surface area (Å²) in [6.07, 6.45) is 6.37. The van der Waals surface area contributed by atoms with Crippen LogP contribution < -0.4 is 11.2 Å². The second-order valence-corrected chi connectivity index (χ2v) is 3.26. The highest BCUT2D eigenvalue weighted by Gasteiger charge is 2.10. The number of allylic oxidation sites excluding steroid dienone is 2. The molecule has 0 bridgehead atoms. The van der Waals surface area contributed by atoms with Gasteiger partial charge >= 0.3 is 5.69 Å². The minimum Gasteiger partial charge on any atom is -0.494 e. The first kappa shape index (κ1) is 10.2. The lowest BCUT2D eigenvalue weighted by Crippen LogP contribution is -2.29. The average Bonchev–Trinajstić information content (AvgIpc) is 2.74. The molecule has 6 nitrogen and oxygen atoms in total.